The molecule has 0 amide bonds. The Hall–Kier alpha value is -2.80. The van der Waals surface area contributed by atoms with Gasteiger partial charge in [0.2, 0.25) is 0 Å². The van der Waals surface area contributed by atoms with Gasteiger partial charge in [-0.05, 0) is 46.5 Å². The van der Waals surface area contributed by atoms with Crippen molar-refractivity contribution in [2.75, 3.05) is 20.3 Å². The Morgan fingerprint density at radius 3 is 2.54 bits per heavy atom. The van der Waals surface area contributed by atoms with Crippen molar-refractivity contribution >= 4 is 10.8 Å². The summed E-state index contributed by atoms with van der Waals surface area (Å²) in [7, 11) is 1.70. The van der Waals surface area contributed by atoms with Crippen LogP contribution in [0.2, 0.25) is 0 Å². The van der Waals surface area contributed by atoms with Gasteiger partial charge in [-0.1, -0.05) is 61.4 Å². The van der Waals surface area contributed by atoms with E-state index in [0.29, 0.717) is 13.2 Å². The molecule has 144 valence electrons. The van der Waals surface area contributed by atoms with Crippen LogP contribution in [0.4, 0.5) is 0 Å². The molecule has 0 N–H and O–H groups in total. The Labute approximate surface area is 167 Å². The number of fused-ring (bicyclic) bond motifs is 1. The molecule has 3 heteroatoms. The molecule has 1 unspecified atom stereocenters. The summed E-state index contributed by atoms with van der Waals surface area (Å²) >= 11 is 0. The van der Waals surface area contributed by atoms with E-state index in [-0.39, 0.29) is 6.61 Å². The highest BCUT2D eigenvalue weighted by atomic mass is 16.5. The Bertz CT molecular complexity index is 951. The van der Waals surface area contributed by atoms with E-state index in [2.05, 4.69) is 43.2 Å². The molecule has 0 saturated heterocycles. The minimum atomic E-state index is -0.542. The lowest BCUT2D eigenvalue weighted by Crippen LogP contribution is -2.33. The van der Waals surface area contributed by atoms with Crippen molar-refractivity contribution in [3.8, 4) is 18.1 Å². The van der Waals surface area contributed by atoms with Gasteiger partial charge in [-0.15, -0.1) is 6.42 Å². The summed E-state index contributed by atoms with van der Waals surface area (Å²) in [5.41, 5.74) is 1.61. The van der Waals surface area contributed by atoms with Gasteiger partial charge < -0.3 is 14.2 Å². The fraction of sp³-hybridized carbons (Fsp3) is 0.280. The second-order valence-corrected chi connectivity index (χ2v) is 6.75. The molecular formula is C25H26O3. The second kappa shape index (κ2) is 9.41. The summed E-state index contributed by atoms with van der Waals surface area (Å²) < 4.78 is 17.5. The summed E-state index contributed by atoms with van der Waals surface area (Å²) in [6.45, 7) is 3.25. The van der Waals surface area contributed by atoms with Crippen molar-refractivity contribution in [3.63, 3.8) is 0 Å². The standard InChI is InChI=1S/C25H26O3/c1-4-15-27-19-25(5-2,26-3)23-11-8-12-24(17-23)28-18-20-13-14-21-9-6-7-10-22(21)16-20/h1,6-14,16-17H,5,15,18-19H2,2-3H3. The minimum Gasteiger partial charge on any atom is -0.489 e. The first-order valence-corrected chi connectivity index (χ1v) is 9.48. The summed E-state index contributed by atoms with van der Waals surface area (Å²) in [4.78, 5) is 0. The molecule has 0 saturated carbocycles. The molecule has 0 radical (unpaired) electrons. The first-order valence-electron chi connectivity index (χ1n) is 9.48. The van der Waals surface area contributed by atoms with E-state index in [0.717, 1.165) is 23.3 Å². The number of benzene rings is 3. The number of hydrogen-bond acceptors (Lipinski definition) is 3. The van der Waals surface area contributed by atoms with Crippen LogP contribution in [0.15, 0.2) is 66.7 Å². The van der Waals surface area contributed by atoms with Crippen LogP contribution in [-0.4, -0.2) is 20.3 Å². The van der Waals surface area contributed by atoms with Crippen LogP contribution in [0.5, 0.6) is 5.75 Å². The zero-order valence-corrected chi connectivity index (χ0v) is 16.5. The molecule has 0 spiro atoms. The Morgan fingerprint density at radius 1 is 0.964 bits per heavy atom. The van der Waals surface area contributed by atoms with E-state index in [9.17, 15) is 0 Å². The second-order valence-electron chi connectivity index (χ2n) is 6.75. The molecule has 3 aromatic carbocycles. The van der Waals surface area contributed by atoms with Gasteiger partial charge in [-0.3, -0.25) is 0 Å². The lowest BCUT2D eigenvalue weighted by molar-refractivity contribution is -0.0775. The molecular weight excluding hydrogens is 348 g/mol. The summed E-state index contributed by atoms with van der Waals surface area (Å²) in [6.07, 6.45) is 6.06. The van der Waals surface area contributed by atoms with Crippen molar-refractivity contribution in [2.24, 2.45) is 0 Å². The molecule has 3 rings (SSSR count). The first kappa shape index (κ1) is 19.9. The van der Waals surface area contributed by atoms with E-state index < -0.39 is 5.60 Å². The molecule has 0 aliphatic heterocycles. The summed E-state index contributed by atoms with van der Waals surface area (Å²) in [5.74, 6) is 3.30. The van der Waals surface area contributed by atoms with E-state index in [4.69, 9.17) is 20.6 Å². The van der Waals surface area contributed by atoms with Crippen LogP contribution in [0.1, 0.15) is 24.5 Å². The first-order chi connectivity index (χ1) is 13.7. The SMILES string of the molecule is C#CCOCC(CC)(OC)c1cccc(OCc2ccc3ccccc3c2)c1. The van der Waals surface area contributed by atoms with Crippen molar-refractivity contribution < 1.29 is 14.2 Å². The van der Waals surface area contributed by atoms with Crippen LogP contribution in [0.25, 0.3) is 10.8 Å². The van der Waals surface area contributed by atoms with Crippen LogP contribution in [0.3, 0.4) is 0 Å². The van der Waals surface area contributed by atoms with Crippen LogP contribution < -0.4 is 4.74 Å². The van der Waals surface area contributed by atoms with Gasteiger partial charge in [0.1, 0.15) is 24.6 Å². The topological polar surface area (TPSA) is 27.7 Å². The highest BCUT2D eigenvalue weighted by molar-refractivity contribution is 5.82. The van der Waals surface area contributed by atoms with Crippen LogP contribution in [-0.2, 0) is 21.7 Å². The number of ether oxygens (including phenoxy) is 3. The number of hydrogen-bond donors (Lipinski definition) is 0. The van der Waals surface area contributed by atoms with Gasteiger partial charge in [0, 0.05) is 7.11 Å². The van der Waals surface area contributed by atoms with E-state index >= 15 is 0 Å². The van der Waals surface area contributed by atoms with Crippen LogP contribution >= 0.6 is 0 Å². The maximum atomic E-state index is 6.06. The Kier molecular flexibility index (Phi) is 6.71. The van der Waals surface area contributed by atoms with E-state index in [1.54, 1.807) is 7.11 Å². The lowest BCUT2D eigenvalue weighted by atomic mass is 9.91. The zero-order valence-electron chi connectivity index (χ0n) is 16.5. The lowest BCUT2D eigenvalue weighted by Gasteiger charge is -2.31. The van der Waals surface area contributed by atoms with E-state index in [1.807, 2.05) is 36.4 Å². The molecule has 28 heavy (non-hydrogen) atoms. The summed E-state index contributed by atoms with van der Waals surface area (Å²) in [5, 5.41) is 2.44. The highest BCUT2D eigenvalue weighted by Gasteiger charge is 2.31. The number of rotatable bonds is 9. The fourth-order valence-electron chi connectivity index (χ4n) is 3.35. The van der Waals surface area contributed by atoms with Gasteiger partial charge in [-0.2, -0.15) is 0 Å². The average Bonchev–Trinajstić information content (AvgIpc) is 2.76. The number of methoxy groups -OCH3 is 1. The highest BCUT2D eigenvalue weighted by Crippen LogP contribution is 2.32. The number of terminal acetylenes is 1. The third kappa shape index (κ3) is 4.54. The maximum Gasteiger partial charge on any atom is 0.120 e. The van der Waals surface area contributed by atoms with Gasteiger partial charge in [0.05, 0.1) is 6.61 Å². The molecule has 3 aromatic rings. The Morgan fingerprint density at radius 2 is 1.79 bits per heavy atom. The molecule has 0 aliphatic rings. The molecule has 1 atom stereocenters. The Balaban J connectivity index is 1.75. The molecule has 0 aliphatic carbocycles. The van der Waals surface area contributed by atoms with E-state index in [1.165, 1.54) is 10.8 Å². The maximum absolute atomic E-state index is 6.06. The van der Waals surface area contributed by atoms with Gasteiger partial charge in [-0.25, -0.2) is 0 Å². The minimum absolute atomic E-state index is 0.267. The summed E-state index contributed by atoms with van der Waals surface area (Å²) in [6, 6.07) is 22.7. The van der Waals surface area contributed by atoms with Crippen molar-refractivity contribution in [2.45, 2.75) is 25.6 Å². The molecule has 0 fully saturated rings. The third-order valence-electron chi connectivity index (χ3n) is 5.06. The monoisotopic (exact) mass is 374 g/mol. The quantitative estimate of drug-likeness (QED) is 0.375. The normalized spacial score (nSPS) is 13.0. The van der Waals surface area contributed by atoms with Crippen LogP contribution in [0, 0.1) is 12.3 Å². The largest absolute Gasteiger partial charge is 0.489 e. The molecule has 0 aromatic heterocycles. The predicted octanol–water partition coefficient (Wildman–Crippen LogP) is 5.32. The molecule has 3 nitrogen and oxygen atoms in total. The molecule has 0 bridgehead atoms. The third-order valence-corrected chi connectivity index (χ3v) is 5.06. The zero-order chi connectivity index (χ0) is 19.8. The fourth-order valence-corrected chi connectivity index (χ4v) is 3.35. The predicted molar refractivity (Wildman–Crippen MR) is 113 cm³/mol. The van der Waals surface area contributed by atoms with Gasteiger partial charge >= 0.3 is 0 Å². The van der Waals surface area contributed by atoms with Crippen molar-refractivity contribution in [1.29, 1.82) is 0 Å². The van der Waals surface area contributed by atoms with Crippen molar-refractivity contribution in [1.82, 2.24) is 0 Å². The van der Waals surface area contributed by atoms with Gasteiger partial charge in [0.15, 0.2) is 0 Å². The smallest absolute Gasteiger partial charge is 0.120 e. The van der Waals surface area contributed by atoms with Gasteiger partial charge in [0.25, 0.3) is 0 Å². The average molecular weight is 374 g/mol. The van der Waals surface area contributed by atoms with Crippen molar-refractivity contribution in [3.05, 3.63) is 77.9 Å². The molecule has 0 heterocycles.